The summed E-state index contributed by atoms with van der Waals surface area (Å²) in [6.07, 6.45) is 1.86. The molecule has 3 nitrogen and oxygen atoms in total. The van der Waals surface area contributed by atoms with Crippen LogP contribution in [-0.4, -0.2) is 9.78 Å². The van der Waals surface area contributed by atoms with Gasteiger partial charge in [0, 0.05) is 5.56 Å². The molecule has 2 N–H and O–H groups in total. The number of nitrogens with zero attached hydrogens (tertiary/aromatic N) is 2. The topological polar surface area (TPSA) is 43.8 Å². The number of anilines is 1. The third-order valence-electron chi connectivity index (χ3n) is 3.26. The molecule has 1 aromatic carbocycles. The number of benzene rings is 1. The van der Waals surface area contributed by atoms with Gasteiger partial charge in [-0.15, -0.1) is 0 Å². The van der Waals surface area contributed by atoms with Crippen LogP contribution in [0, 0.1) is 0 Å². The minimum absolute atomic E-state index is 0.397. The van der Waals surface area contributed by atoms with Crippen molar-refractivity contribution >= 4 is 5.82 Å². The Balaban J connectivity index is 2.37. The maximum absolute atomic E-state index is 6.13. The third-order valence-corrected chi connectivity index (χ3v) is 3.26. The molecule has 0 bridgehead atoms. The number of nitrogen functional groups attached to an aromatic ring is 1. The van der Waals surface area contributed by atoms with Crippen molar-refractivity contribution in [3.8, 4) is 5.69 Å². The van der Waals surface area contributed by atoms with E-state index in [0.29, 0.717) is 11.8 Å². The highest BCUT2D eigenvalue weighted by Gasteiger charge is 2.11. The lowest BCUT2D eigenvalue weighted by molar-refractivity contribution is 0.855. The summed E-state index contributed by atoms with van der Waals surface area (Å²) in [6, 6.07) is 8.41. The fourth-order valence-corrected chi connectivity index (χ4v) is 2.02. The number of hydrogen-bond donors (Lipinski definition) is 1. The van der Waals surface area contributed by atoms with Gasteiger partial charge in [-0.1, -0.05) is 39.8 Å². The van der Waals surface area contributed by atoms with E-state index in [2.05, 4.69) is 57.1 Å². The number of rotatable bonds is 3. The van der Waals surface area contributed by atoms with Crippen LogP contribution in [-0.2, 0) is 0 Å². The third kappa shape index (κ3) is 2.26. The molecule has 0 saturated carbocycles. The molecule has 18 heavy (non-hydrogen) atoms. The minimum atomic E-state index is 0.397. The zero-order chi connectivity index (χ0) is 13.3. The largest absolute Gasteiger partial charge is 0.383 e. The molecule has 0 aliphatic carbocycles. The normalized spacial score (nSPS) is 11.4. The fraction of sp³-hybridized carbons (Fsp3) is 0.400. The number of aromatic nitrogens is 2. The summed E-state index contributed by atoms with van der Waals surface area (Å²) in [5.74, 6) is 1.68. The summed E-state index contributed by atoms with van der Waals surface area (Å²) in [5, 5.41) is 4.37. The van der Waals surface area contributed by atoms with E-state index in [0.717, 1.165) is 17.1 Å². The molecule has 96 valence electrons. The van der Waals surface area contributed by atoms with Gasteiger partial charge < -0.3 is 5.73 Å². The van der Waals surface area contributed by atoms with E-state index in [1.165, 1.54) is 5.56 Å². The molecule has 0 aliphatic heterocycles. The lowest BCUT2D eigenvalue weighted by Crippen LogP contribution is -2.03. The molecule has 0 radical (unpaired) electrons. The average molecular weight is 243 g/mol. The second-order valence-electron chi connectivity index (χ2n) is 5.30. The highest BCUT2D eigenvalue weighted by Crippen LogP contribution is 2.24. The minimum Gasteiger partial charge on any atom is -0.383 e. The molecule has 0 atom stereocenters. The zero-order valence-electron chi connectivity index (χ0n) is 11.5. The van der Waals surface area contributed by atoms with Crippen LogP contribution in [0.4, 0.5) is 5.82 Å². The molecule has 0 unspecified atom stereocenters. The van der Waals surface area contributed by atoms with Crippen LogP contribution in [0.5, 0.6) is 0 Å². The van der Waals surface area contributed by atoms with Gasteiger partial charge in [0.2, 0.25) is 0 Å². The summed E-state index contributed by atoms with van der Waals surface area (Å²) >= 11 is 0. The Kier molecular flexibility index (Phi) is 3.41. The van der Waals surface area contributed by atoms with Crippen molar-refractivity contribution in [1.82, 2.24) is 9.78 Å². The summed E-state index contributed by atoms with van der Waals surface area (Å²) in [5.41, 5.74) is 9.58. The Morgan fingerprint density at radius 3 is 2.06 bits per heavy atom. The molecular weight excluding hydrogens is 222 g/mol. The molecule has 0 spiro atoms. The van der Waals surface area contributed by atoms with E-state index in [4.69, 9.17) is 5.73 Å². The Bertz CT molecular complexity index is 521. The number of nitrogens with two attached hydrogens (primary N) is 1. The SMILES string of the molecule is CC(C)c1ccc(-n2ncc(C(C)C)c2N)cc1. The summed E-state index contributed by atoms with van der Waals surface area (Å²) in [4.78, 5) is 0. The zero-order valence-corrected chi connectivity index (χ0v) is 11.5. The van der Waals surface area contributed by atoms with Crippen LogP contribution in [0.3, 0.4) is 0 Å². The van der Waals surface area contributed by atoms with Gasteiger partial charge in [0.15, 0.2) is 0 Å². The fourth-order valence-electron chi connectivity index (χ4n) is 2.02. The molecule has 0 fully saturated rings. The van der Waals surface area contributed by atoms with Gasteiger partial charge in [-0.25, -0.2) is 4.68 Å². The average Bonchev–Trinajstić information content (AvgIpc) is 2.71. The highest BCUT2D eigenvalue weighted by atomic mass is 15.3. The highest BCUT2D eigenvalue weighted by molar-refractivity contribution is 5.48. The van der Waals surface area contributed by atoms with Gasteiger partial charge in [-0.05, 0) is 29.5 Å². The molecule has 1 heterocycles. The van der Waals surface area contributed by atoms with E-state index >= 15 is 0 Å². The predicted molar refractivity (Wildman–Crippen MR) is 76.2 cm³/mol. The quantitative estimate of drug-likeness (QED) is 0.893. The first-order chi connectivity index (χ1) is 8.50. The van der Waals surface area contributed by atoms with Crippen molar-refractivity contribution in [3.63, 3.8) is 0 Å². The van der Waals surface area contributed by atoms with Gasteiger partial charge in [-0.2, -0.15) is 5.10 Å². The summed E-state index contributed by atoms with van der Waals surface area (Å²) in [7, 11) is 0. The lowest BCUT2D eigenvalue weighted by Gasteiger charge is -2.09. The van der Waals surface area contributed by atoms with Crippen molar-refractivity contribution in [1.29, 1.82) is 0 Å². The van der Waals surface area contributed by atoms with Crippen LogP contribution in [0.25, 0.3) is 5.69 Å². The van der Waals surface area contributed by atoms with E-state index in [1.54, 1.807) is 4.68 Å². The number of hydrogen-bond acceptors (Lipinski definition) is 2. The van der Waals surface area contributed by atoms with Crippen molar-refractivity contribution < 1.29 is 0 Å². The molecule has 0 aliphatic rings. The molecular formula is C15H21N3. The van der Waals surface area contributed by atoms with Crippen molar-refractivity contribution in [2.24, 2.45) is 0 Å². The Labute approximate surface area is 109 Å². The van der Waals surface area contributed by atoms with Crippen molar-refractivity contribution in [2.75, 3.05) is 5.73 Å². The van der Waals surface area contributed by atoms with Crippen molar-refractivity contribution in [2.45, 2.75) is 39.5 Å². The predicted octanol–water partition coefficient (Wildman–Crippen LogP) is 3.70. The standard InChI is InChI=1S/C15H21N3/c1-10(2)12-5-7-13(8-6-12)18-15(16)14(9-17-18)11(3)4/h5-11H,16H2,1-4H3. The van der Waals surface area contributed by atoms with Gasteiger partial charge >= 0.3 is 0 Å². The Hall–Kier alpha value is -1.77. The van der Waals surface area contributed by atoms with E-state index < -0.39 is 0 Å². The maximum Gasteiger partial charge on any atom is 0.130 e. The monoisotopic (exact) mass is 243 g/mol. The molecule has 3 heteroatoms. The molecule has 1 aromatic heterocycles. The summed E-state index contributed by atoms with van der Waals surface area (Å²) < 4.78 is 1.80. The first kappa shape index (κ1) is 12.7. The van der Waals surface area contributed by atoms with Crippen molar-refractivity contribution in [3.05, 3.63) is 41.6 Å². The Morgan fingerprint density at radius 1 is 1.00 bits per heavy atom. The van der Waals surface area contributed by atoms with Gasteiger partial charge in [-0.3, -0.25) is 0 Å². The van der Waals surface area contributed by atoms with Crippen LogP contribution < -0.4 is 5.73 Å². The van der Waals surface area contributed by atoms with Crippen LogP contribution in [0.2, 0.25) is 0 Å². The maximum atomic E-state index is 6.13. The second kappa shape index (κ2) is 4.84. The lowest BCUT2D eigenvalue weighted by atomic mass is 10.0. The Morgan fingerprint density at radius 2 is 1.61 bits per heavy atom. The second-order valence-corrected chi connectivity index (χ2v) is 5.30. The first-order valence-electron chi connectivity index (χ1n) is 6.44. The molecule has 2 aromatic rings. The van der Waals surface area contributed by atoms with Crippen LogP contribution in [0.1, 0.15) is 50.7 Å². The van der Waals surface area contributed by atoms with Crippen LogP contribution >= 0.6 is 0 Å². The summed E-state index contributed by atoms with van der Waals surface area (Å²) in [6.45, 7) is 8.63. The smallest absolute Gasteiger partial charge is 0.130 e. The molecule has 0 amide bonds. The van der Waals surface area contributed by atoms with Gasteiger partial charge in [0.25, 0.3) is 0 Å². The van der Waals surface area contributed by atoms with E-state index in [9.17, 15) is 0 Å². The molecule has 0 saturated heterocycles. The van der Waals surface area contributed by atoms with E-state index in [1.807, 2.05) is 6.20 Å². The van der Waals surface area contributed by atoms with Gasteiger partial charge in [0.05, 0.1) is 11.9 Å². The van der Waals surface area contributed by atoms with E-state index in [-0.39, 0.29) is 0 Å². The molecule has 2 rings (SSSR count). The first-order valence-corrected chi connectivity index (χ1v) is 6.44. The van der Waals surface area contributed by atoms with Gasteiger partial charge in [0.1, 0.15) is 5.82 Å². The van der Waals surface area contributed by atoms with Crippen LogP contribution in [0.15, 0.2) is 30.5 Å².